The standard InChI is InChI=1S/C21H18N2O3S/c1-12-9-20(23-16-6-4-3-5-15(12)16)27-13(2)21(25)14-7-8-18-17(10-14)22-19(24)11-26-18/h3-10,13H,11H2,1-2H3,(H,22,24)/t13-/m1/s1. The Labute approximate surface area is 161 Å². The number of aryl methyl sites for hydroxylation is 1. The number of nitrogens with one attached hydrogen (secondary N) is 1. The Hall–Kier alpha value is -2.86. The van der Waals surface area contributed by atoms with Gasteiger partial charge in [0.1, 0.15) is 5.75 Å². The molecule has 6 heteroatoms. The first kappa shape index (κ1) is 17.5. The molecule has 0 aliphatic carbocycles. The average Bonchev–Trinajstić information content (AvgIpc) is 2.66. The summed E-state index contributed by atoms with van der Waals surface area (Å²) in [7, 11) is 0. The van der Waals surface area contributed by atoms with Gasteiger partial charge in [-0.05, 0) is 49.7 Å². The Morgan fingerprint density at radius 1 is 1.22 bits per heavy atom. The van der Waals surface area contributed by atoms with Crippen LogP contribution in [-0.2, 0) is 4.79 Å². The summed E-state index contributed by atoms with van der Waals surface area (Å²) in [4.78, 5) is 29.0. The molecule has 4 rings (SSSR count). The Morgan fingerprint density at radius 3 is 2.89 bits per heavy atom. The molecule has 1 aromatic heterocycles. The van der Waals surface area contributed by atoms with E-state index in [1.165, 1.54) is 11.8 Å². The Balaban J connectivity index is 1.56. The highest BCUT2D eigenvalue weighted by atomic mass is 32.2. The van der Waals surface area contributed by atoms with E-state index < -0.39 is 0 Å². The zero-order valence-electron chi connectivity index (χ0n) is 15.0. The number of pyridine rings is 1. The van der Waals surface area contributed by atoms with E-state index in [4.69, 9.17) is 4.74 Å². The quantitative estimate of drug-likeness (QED) is 0.543. The van der Waals surface area contributed by atoms with Gasteiger partial charge in [0.15, 0.2) is 12.4 Å². The number of thioether (sulfide) groups is 1. The SMILES string of the molecule is Cc1cc(S[C@H](C)C(=O)c2ccc3c(c2)NC(=O)CO3)nc2ccccc12. The van der Waals surface area contributed by atoms with E-state index in [-0.39, 0.29) is 23.5 Å². The Kier molecular flexibility index (Phi) is 4.58. The molecule has 27 heavy (non-hydrogen) atoms. The number of carbonyl (C=O) groups is 2. The van der Waals surface area contributed by atoms with E-state index in [9.17, 15) is 9.59 Å². The second kappa shape index (κ2) is 7.04. The summed E-state index contributed by atoms with van der Waals surface area (Å²) in [6, 6.07) is 15.1. The minimum Gasteiger partial charge on any atom is -0.482 e. The molecule has 1 N–H and O–H groups in total. The summed E-state index contributed by atoms with van der Waals surface area (Å²) < 4.78 is 5.34. The minimum atomic E-state index is -0.309. The third-order valence-corrected chi connectivity index (χ3v) is 5.48. The summed E-state index contributed by atoms with van der Waals surface area (Å²) in [5, 5.41) is 4.36. The van der Waals surface area contributed by atoms with Gasteiger partial charge in [0.2, 0.25) is 0 Å². The van der Waals surface area contributed by atoms with Crippen molar-refractivity contribution in [2.24, 2.45) is 0 Å². The fraction of sp³-hybridized carbons (Fsp3) is 0.190. The lowest BCUT2D eigenvalue weighted by molar-refractivity contribution is -0.118. The normalized spacial score (nSPS) is 14.2. The summed E-state index contributed by atoms with van der Waals surface area (Å²) in [6.07, 6.45) is 0. The van der Waals surface area contributed by atoms with Crippen LogP contribution in [0.1, 0.15) is 22.8 Å². The van der Waals surface area contributed by atoms with E-state index in [1.54, 1.807) is 18.2 Å². The number of rotatable bonds is 4. The third kappa shape index (κ3) is 3.53. The van der Waals surface area contributed by atoms with Crippen LogP contribution in [-0.4, -0.2) is 28.5 Å². The van der Waals surface area contributed by atoms with Crippen molar-refractivity contribution < 1.29 is 14.3 Å². The number of hydrogen-bond donors (Lipinski definition) is 1. The number of ketones is 1. The molecule has 136 valence electrons. The highest BCUT2D eigenvalue weighted by Gasteiger charge is 2.21. The smallest absolute Gasteiger partial charge is 0.262 e. The van der Waals surface area contributed by atoms with Crippen molar-refractivity contribution in [3.63, 3.8) is 0 Å². The lowest BCUT2D eigenvalue weighted by Gasteiger charge is -2.19. The molecule has 0 spiro atoms. The molecule has 0 radical (unpaired) electrons. The molecule has 1 aliphatic heterocycles. The number of carbonyl (C=O) groups excluding carboxylic acids is 2. The fourth-order valence-corrected chi connectivity index (χ4v) is 4.09. The maximum absolute atomic E-state index is 12.9. The van der Waals surface area contributed by atoms with Gasteiger partial charge in [-0.15, -0.1) is 0 Å². The second-order valence-electron chi connectivity index (χ2n) is 6.47. The predicted molar refractivity (Wildman–Crippen MR) is 107 cm³/mol. The highest BCUT2D eigenvalue weighted by molar-refractivity contribution is 8.00. The van der Waals surface area contributed by atoms with E-state index in [0.717, 1.165) is 21.5 Å². The molecule has 0 saturated heterocycles. The number of amides is 1. The molecular weight excluding hydrogens is 360 g/mol. The van der Waals surface area contributed by atoms with Gasteiger partial charge in [-0.25, -0.2) is 4.98 Å². The van der Waals surface area contributed by atoms with Crippen molar-refractivity contribution in [1.82, 2.24) is 4.98 Å². The zero-order chi connectivity index (χ0) is 19.0. The summed E-state index contributed by atoms with van der Waals surface area (Å²) >= 11 is 1.43. The number of Topliss-reactive ketones (excluding diaryl/α,β-unsaturated/α-hetero) is 1. The molecule has 2 heterocycles. The van der Waals surface area contributed by atoms with Crippen LogP contribution in [0.4, 0.5) is 5.69 Å². The molecule has 1 aliphatic rings. The third-order valence-electron chi connectivity index (χ3n) is 4.46. The molecular formula is C21H18N2O3S. The van der Waals surface area contributed by atoms with Crippen molar-refractivity contribution >= 4 is 40.0 Å². The van der Waals surface area contributed by atoms with Gasteiger partial charge in [0, 0.05) is 10.9 Å². The van der Waals surface area contributed by atoms with Crippen LogP contribution in [0.3, 0.4) is 0 Å². The first-order chi connectivity index (χ1) is 13.0. The molecule has 5 nitrogen and oxygen atoms in total. The van der Waals surface area contributed by atoms with Crippen molar-refractivity contribution in [1.29, 1.82) is 0 Å². The lowest BCUT2D eigenvalue weighted by Crippen LogP contribution is -2.25. The van der Waals surface area contributed by atoms with E-state index in [1.807, 2.05) is 44.2 Å². The van der Waals surface area contributed by atoms with Gasteiger partial charge >= 0.3 is 0 Å². The number of hydrogen-bond acceptors (Lipinski definition) is 5. The predicted octanol–water partition coefficient (Wildman–Crippen LogP) is 4.24. The number of ether oxygens (including phenoxy) is 1. The first-order valence-corrected chi connectivity index (χ1v) is 9.53. The highest BCUT2D eigenvalue weighted by Crippen LogP contribution is 2.32. The van der Waals surface area contributed by atoms with Crippen molar-refractivity contribution in [2.75, 3.05) is 11.9 Å². The molecule has 0 bridgehead atoms. The summed E-state index contributed by atoms with van der Waals surface area (Å²) in [5.41, 5.74) is 3.13. The van der Waals surface area contributed by atoms with Gasteiger partial charge in [0.25, 0.3) is 5.91 Å². The van der Waals surface area contributed by atoms with Crippen LogP contribution in [0.5, 0.6) is 5.75 Å². The topological polar surface area (TPSA) is 68.3 Å². The largest absolute Gasteiger partial charge is 0.482 e. The van der Waals surface area contributed by atoms with Crippen molar-refractivity contribution in [2.45, 2.75) is 24.1 Å². The zero-order valence-corrected chi connectivity index (χ0v) is 15.8. The lowest BCUT2D eigenvalue weighted by atomic mass is 10.1. The van der Waals surface area contributed by atoms with E-state index >= 15 is 0 Å². The number of fused-ring (bicyclic) bond motifs is 2. The fourth-order valence-electron chi connectivity index (χ4n) is 3.08. The molecule has 0 saturated carbocycles. The van der Waals surface area contributed by atoms with Crippen LogP contribution in [0, 0.1) is 6.92 Å². The van der Waals surface area contributed by atoms with Gasteiger partial charge < -0.3 is 10.1 Å². The van der Waals surface area contributed by atoms with Gasteiger partial charge in [-0.1, -0.05) is 30.0 Å². The molecule has 0 unspecified atom stereocenters. The number of benzene rings is 2. The molecule has 2 aromatic carbocycles. The van der Waals surface area contributed by atoms with Gasteiger partial charge in [-0.3, -0.25) is 9.59 Å². The van der Waals surface area contributed by atoms with E-state index in [0.29, 0.717) is 17.0 Å². The number of nitrogens with zero attached hydrogens (tertiary/aromatic N) is 1. The van der Waals surface area contributed by atoms with Crippen LogP contribution < -0.4 is 10.1 Å². The number of anilines is 1. The van der Waals surface area contributed by atoms with Crippen molar-refractivity contribution in [3.05, 3.63) is 59.7 Å². The molecule has 1 atom stereocenters. The maximum Gasteiger partial charge on any atom is 0.262 e. The van der Waals surface area contributed by atoms with E-state index in [2.05, 4.69) is 10.3 Å². The number of aromatic nitrogens is 1. The van der Waals surface area contributed by atoms with Gasteiger partial charge in [-0.2, -0.15) is 0 Å². The number of para-hydroxylation sites is 1. The monoisotopic (exact) mass is 378 g/mol. The van der Waals surface area contributed by atoms with Crippen molar-refractivity contribution in [3.8, 4) is 5.75 Å². The van der Waals surface area contributed by atoms with Crippen LogP contribution in [0.25, 0.3) is 10.9 Å². The van der Waals surface area contributed by atoms with Crippen LogP contribution >= 0.6 is 11.8 Å². The van der Waals surface area contributed by atoms with Crippen LogP contribution in [0.2, 0.25) is 0 Å². The summed E-state index contributed by atoms with van der Waals surface area (Å²) in [6.45, 7) is 3.92. The van der Waals surface area contributed by atoms with Gasteiger partial charge in [0.05, 0.1) is 21.5 Å². The maximum atomic E-state index is 12.9. The Morgan fingerprint density at radius 2 is 2.04 bits per heavy atom. The molecule has 0 fully saturated rings. The molecule has 3 aromatic rings. The second-order valence-corrected chi connectivity index (χ2v) is 7.83. The van der Waals surface area contributed by atoms with Crippen LogP contribution in [0.15, 0.2) is 53.6 Å². The summed E-state index contributed by atoms with van der Waals surface area (Å²) in [5.74, 6) is 0.346. The average molecular weight is 378 g/mol. The Bertz CT molecular complexity index is 1060. The molecule has 1 amide bonds. The minimum absolute atomic E-state index is 0.000464. The first-order valence-electron chi connectivity index (χ1n) is 8.65.